The third-order valence-corrected chi connectivity index (χ3v) is 6.80. The number of hydrogen-bond acceptors (Lipinski definition) is 6. The standard InChI is InChI=1S/C27H24FN7O2/c28-20-7-6-18(24(27(30)36)23(20)16-4-2-1-3-5-16)22-14-19(25-26(29)31-15-33-35(22)25)21-8-11-32-34(21)17-9-12-37-13-10-17/h1-8,11,14-15,17H,9-10,12-13H2,(H2,30,36)(H2,29,31,33). The Bertz CT molecular complexity index is 1620. The molecule has 0 saturated carbocycles. The van der Waals surface area contributed by atoms with E-state index < -0.39 is 11.7 Å². The molecular weight excluding hydrogens is 473 g/mol. The van der Waals surface area contributed by atoms with E-state index in [-0.39, 0.29) is 23.0 Å². The Labute approximate surface area is 211 Å². The van der Waals surface area contributed by atoms with Crippen LogP contribution in [-0.4, -0.2) is 43.5 Å². The van der Waals surface area contributed by atoms with Crippen LogP contribution < -0.4 is 11.5 Å². The third kappa shape index (κ3) is 3.82. The van der Waals surface area contributed by atoms with E-state index in [1.54, 1.807) is 41.0 Å². The van der Waals surface area contributed by atoms with Crippen molar-refractivity contribution in [2.24, 2.45) is 5.73 Å². The Morgan fingerprint density at radius 2 is 1.78 bits per heavy atom. The number of aromatic nitrogens is 5. The number of nitrogens with zero attached hydrogens (tertiary/aromatic N) is 5. The normalized spacial score (nSPS) is 14.3. The Balaban J connectivity index is 1.62. The molecule has 1 saturated heterocycles. The summed E-state index contributed by atoms with van der Waals surface area (Å²) in [6.07, 6.45) is 4.76. The summed E-state index contributed by atoms with van der Waals surface area (Å²) >= 11 is 0. The van der Waals surface area contributed by atoms with Gasteiger partial charge in [-0.2, -0.15) is 10.2 Å². The second-order valence-electron chi connectivity index (χ2n) is 8.93. The van der Waals surface area contributed by atoms with Crippen molar-refractivity contribution >= 4 is 17.2 Å². The van der Waals surface area contributed by atoms with Gasteiger partial charge < -0.3 is 16.2 Å². The van der Waals surface area contributed by atoms with E-state index in [4.69, 9.17) is 16.2 Å². The van der Waals surface area contributed by atoms with Crippen molar-refractivity contribution in [3.05, 3.63) is 78.5 Å². The summed E-state index contributed by atoms with van der Waals surface area (Å²) < 4.78 is 24.3. The lowest BCUT2D eigenvalue weighted by atomic mass is 9.92. The number of amides is 1. The number of fused-ring (bicyclic) bond motifs is 1. The molecule has 0 spiro atoms. The number of benzene rings is 2. The molecule has 1 amide bonds. The average molecular weight is 498 g/mol. The first-order valence-corrected chi connectivity index (χ1v) is 12.0. The zero-order chi connectivity index (χ0) is 25.5. The molecule has 1 fully saturated rings. The minimum atomic E-state index is -0.751. The number of ether oxygens (including phenoxy) is 1. The van der Waals surface area contributed by atoms with E-state index in [0.717, 1.165) is 24.1 Å². The van der Waals surface area contributed by atoms with Gasteiger partial charge in [-0.1, -0.05) is 30.3 Å². The fourth-order valence-electron chi connectivity index (χ4n) is 5.14. The topological polar surface area (TPSA) is 126 Å². The first-order valence-electron chi connectivity index (χ1n) is 12.0. The highest BCUT2D eigenvalue weighted by Crippen LogP contribution is 2.40. The fraction of sp³-hybridized carbons (Fsp3) is 0.185. The molecule has 186 valence electrons. The summed E-state index contributed by atoms with van der Waals surface area (Å²) in [5, 5.41) is 9.04. The Morgan fingerprint density at radius 3 is 2.54 bits per heavy atom. The van der Waals surface area contributed by atoms with E-state index in [2.05, 4.69) is 15.2 Å². The second kappa shape index (κ2) is 9.14. The molecule has 0 aliphatic carbocycles. The monoisotopic (exact) mass is 497 g/mol. The van der Waals surface area contributed by atoms with Crippen LogP contribution in [-0.2, 0) is 4.74 Å². The minimum absolute atomic E-state index is 0.0623. The van der Waals surface area contributed by atoms with Crippen LogP contribution in [0.2, 0.25) is 0 Å². The summed E-state index contributed by atoms with van der Waals surface area (Å²) in [6.45, 7) is 1.33. The summed E-state index contributed by atoms with van der Waals surface area (Å²) in [5.74, 6) is -1.03. The largest absolute Gasteiger partial charge is 0.382 e. The highest BCUT2D eigenvalue weighted by atomic mass is 19.1. The SMILES string of the molecule is NC(=O)c1c(-c2cc(-c3ccnn3C3CCOCC3)c3c(N)ncnn23)ccc(F)c1-c1ccccc1. The number of hydrogen-bond donors (Lipinski definition) is 2. The van der Waals surface area contributed by atoms with Gasteiger partial charge in [-0.3, -0.25) is 9.48 Å². The van der Waals surface area contributed by atoms with Gasteiger partial charge in [0.15, 0.2) is 5.82 Å². The third-order valence-electron chi connectivity index (χ3n) is 6.80. The van der Waals surface area contributed by atoms with Crippen molar-refractivity contribution in [3.8, 4) is 33.6 Å². The number of nitrogens with two attached hydrogens (primary N) is 2. The summed E-state index contributed by atoms with van der Waals surface area (Å²) in [4.78, 5) is 17.0. The Hall–Kier alpha value is -4.57. The molecule has 4 N–H and O–H groups in total. The first-order chi connectivity index (χ1) is 18.0. The maximum absolute atomic E-state index is 15.2. The van der Waals surface area contributed by atoms with Crippen LogP contribution in [0.5, 0.6) is 0 Å². The first kappa shape index (κ1) is 22.9. The number of rotatable bonds is 5. The summed E-state index contributed by atoms with van der Waals surface area (Å²) in [7, 11) is 0. The number of carbonyl (C=O) groups excluding carboxylic acids is 1. The average Bonchev–Trinajstić information content (AvgIpc) is 3.55. The fourth-order valence-corrected chi connectivity index (χ4v) is 5.14. The van der Waals surface area contributed by atoms with Gasteiger partial charge in [-0.05, 0) is 42.7 Å². The van der Waals surface area contributed by atoms with Crippen LogP contribution in [0.25, 0.3) is 39.2 Å². The number of carbonyl (C=O) groups is 1. The summed E-state index contributed by atoms with van der Waals surface area (Å²) in [6, 6.07) is 15.7. The Morgan fingerprint density at radius 1 is 1.00 bits per heavy atom. The lowest BCUT2D eigenvalue weighted by Gasteiger charge is -2.24. The molecule has 0 radical (unpaired) electrons. The van der Waals surface area contributed by atoms with Crippen molar-refractivity contribution in [2.75, 3.05) is 18.9 Å². The van der Waals surface area contributed by atoms with Crippen molar-refractivity contribution in [3.63, 3.8) is 0 Å². The zero-order valence-corrected chi connectivity index (χ0v) is 19.8. The molecule has 0 unspecified atom stereocenters. The van der Waals surface area contributed by atoms with Crippen LogP contribution in [0.1, 0.15) is 29.2 Å². The van der Waals surface area contributed by atoms with Crippen LogP contribution in [0.15, 0.2) is 67.1 Å². The maximum atomic E-state index is 15.2. The van der Waals surface area contributed by atoms with Gasteiger partial charge in [0.2, 0.25) is 5.91 Å². The molecule has 5 aromatic rings. The van der Waals surface area contributed by atoms with Crippen LogP contribution >= 0.6 is 0 Å². The number of halogens is 1. The highest BCUT2D eigenvalue weighted by molar-refractivity contribution is 6.07. The van der Waals surface area contributed by atoms with Gasteiger partial charge in [-0.25, -0.2) is 13.9 Å². The molecule has 0 bridgehead atoms. The predicted molar refractivity (Wildman–Crippen MR) is 137 cm³/mol. The quantitative estimate of drug-likeness (QED) is 0.377. The molecular formula is C27H24FN7O2. The lowest BCUT2D eigenvalue weighted by Crippen LogP contribution is -2.21. The highest BCUT2D eigenvalue weighted by Gasteiger charge is 2.27. The molecule has 37 heavy (non-hydrogen) atoms. The van der Waals surface area contributed by atoms with Gasteiger partial charge in [0.1, 0.15) is 17.7 Å². The molecule has 0 atom stereocenters. The van der Waals surface area contributed by atoms with Gasteiger partial charge in [0.05, 0.1) is 23.0 Å². The molecule has 4 heterocycles. The summed E-state index contributed by atoms with van der Waals surface area (Å²) in [5.41, 5.74) is 16.1. The van der Waals surface area contributed by atoms with Gasteiger partial charge in [-0.15, -0.1) is 0 Å². The molecule has 1 aliphatic rings. The minimum Gasteiger partial charge on any atom is -0.382 e. The van der Waals surface area contributed by atoms with Crippen molar-refractivity contribution < 1.29 is 13.9 Å². The van der Waals surface area contributed by atoms with E-state index in [0.29, 0.717) is 35.6 Å². The van der Waals surface area contributed by atoms with E-state index in [1.807, 2.05) is 22.9 Å². The Kier molecular flexibility index (Phi) is 5.65. The number of anilines is 1. The van der Waals surface area contributed by atoms with Crippen LogP contribution in [0.3, 0.4) is 0 Å². The van der Waals surface area contributed by atoms with Gasteiger partial charge >= 0.3 is 0 Å². The smallest absolute Gasteiger partial charge is 0.250 e. The molecule has 1 aliphatic heterocycles. The second-order valence-corrected chi connectivity index (χ2v) is 8.93. The van der Waals surface area contributed by atoms with Crippen molar-refractivity contribution in [1.82, 2.24) is 24.4 Å². The maximum Gasteiger partial charge on any atom is 0.250 e. The molecule has 10 heteroatoms. The van der Waals surface area contributed by atoms with Crippen molar-refractivity contribution in [2.45, 2.75) is 18.9 Å². The number of primary amides is 1. The molecule has 2 aromatic carbocycles. The van der Waals surface area contributed by atoms with Crippen LogP contribution in [0.4, 0.5) is 10.2 Å². The predicted octanol–water partition coefficient (Wildman–Crippen LogP) is 4.10. The van der Waals surface area contributed by atoms with Crippen LogP contribution in [0, 0.1) is 5.82 Å². The number of nitrogen functional groups attached to an aromatic ring is 1. The van der Waals surface area contributed by atoms with Gasteiger partial charge in [0.25, 0.3) is 0 Å². The molecule has 3 aromatic heterocycles. The van der Waals surface area contributed by atoms with E-state index >= 15 is 4.39 Å². The lowest BCUT2D eigenvalue weighted by molar-refractivity contribution is 0.0667. The van der Waals surface area contributed by atoms with Crippen molar-refractivity contribution in [1.29, 1.82) is 0 Å². The van der Waals surface area contributed by atoms with E-state index in [1.165, 1.54) is 12.4 Å². The van der Waals surface area contributed by atoms with Gasteiger partial charge in [0, 0.05) is 36.1 Å². The zero-order valence-electron chi connectivity index (χ0n) is 19.8. The van der Waals surface area contributed by atoms with E-state index in [9.17, 15) is 4.79 Å². The molecule has 6 rings (SSSR count). The molecule has 9 nitrogen and oxygen atoms in total.